The van der Waals surface area contributed by atoms with Crippen molar-refractivity contribution >= 4 is 21.9 Å². The quantitative estimate of drug-likeness (QED) is 0.0310. The lowest BCUT2D eigenvalue weighted by atomic mass is 9.98. The zero-order valence-corrected chi connectivity index (χ0v) is 32.0. The fraction of sp³-hybridized carbons (Fsp3) is 0.786. The first kappa shape index (κ1) is 42.0. The molecule has 2 heterocycles. The van der Waals surface area contributed by atoms with E-state index in [1.165, 1.54) is 128 Å². The molecule has 270 valence electrons. The van der Waals surface area contributed by atoms with Crippen LogP contribution < -0.4 is 0 Å². The normalized spacial score (nSPS) is 23.0. The summed E-state index contributed by atoms with van der Waals surface area (Å²) in [7, 11) is 0. The Morgan fingerprint density at radius 2 is 0.957 bits per heavy atom. The van der Waals surface area contributed by atoms with Crippen molar-refractivity contribution in [2.24, 2.45) is 0 Å². The van der Waals surface area contributed by atoms with E-state index in [0.717, 1.165) is 38.5 Å². The Morgan fingerprint density at radius 3 is 1.38 bits per heavy atom. The predicted octanol–water partition coefficient (Wildman–Crippen LogP) is 13.2. The highest BCUT2D eigenvalue weighted by atomic mass is 79.9. The molecule has 0 spiro atoms. The number of carbonyl (C=O) groups is 1. The van der Waals surface area contributed by atoms with Gasteiger partial charge in [-0.15, -0.1) is 0 Å². The van der Waals surface area contributed by atoms with Crippen molar-refractivity contribution in [1.29, 1.82) is 0 Å². The van der Waals surface area contributed by atoms with Crippen molar-refractivity contribution in [1.82, 2.24) is 0 Å². The minimum Gasteiger partial charge on any atom is -0.457 e. The molecule has 2 aliphatic heterocycles. The second-order valence-corrected chi connectivity index (χ2v) is 14.5. The number of carbonyl (C=O) groups excluding carboxylic acids is 1. The average Bonchev–Trinajstić information content (AvgIpc) is 3.59. The number of halogens is 1. The molecule has 0 amide bonds. The molecule has 2 saturated heterocycles. The minimum atomic E-state index is -0.625. The number of cyclic esters (lactones) is 1. The number of alkyl halides is 1. The second kappa shape index (κ2) is 28.6. The lowest BCUT2D eigenvalue weighted by Gasteiger charge is -2.30. The largest absolute Gasteiger partial charge is 0.457 e. The summed E-state index contributed by atoms with van der Waals surface area (Å²) in [5.41, 5.74) is 0. The van der Waals surface area contributed by atoms with Gasteiger partial charge in [0.1, 0.15) is 12.2 Å². The molecule has 0 saturated carbocycles. The summed E-state index contributed by atoms with van der Waals surface area (Å²) in [5, 5.41) is 0.592. The monoisotopic (exact) mass is 718 g/mol. The maximum Gasteiger partial charge on any atom is 0.338 e. The fourth-order valence-electron chi connectivity index (χ4n) is 6.62. The number of hydrogen-bond donors (Lipinski definition) is 0. The van der Waals surface area contributed by atoms with Gasteiger partial charge >= 0.3 is 5.97 Å². The molecular weight excluding hydrogens is 648 g/mol. The van der Waals surface area contributed by atoms with E-state index in [1.807, 2.05) is 0 Å². The van der Waals surface area contributed by atoms with Crippen LogP contribution in [0.1, 0.15) is 181 Å². The summed E-state index contributed by atoms with van der Waals surface area (Å²) in [6.07, 6.45) is 49.0. The molecule has 47 heavy (non-hydrogen) atoms. The van der Waals surface area contributed by atoms with Gasteiger partial charge in [-0.3, -0.25) is 0 Å². The van der Waals surface area contributed by atoms with Crippen molar-refractivity contribution in [3.8, 4) is 0 Å². The van der Waals surface area contributed by atoms with Crippen molar-refractivity contribution in [2.75, 3.05) is 5.33 Å². The molecule has 0 N–H and O–H groups in total. The maximum atomic E-state index is 12.5. The first-order valence-corrected chi connectivity index (χ1v) is 21.0. The number of esters is 1. The number of fused-ring (bicyclic) bond motifs is 1. The number of ether oxygens (including phenoxy) is 3. The highest BCUT2D eigenvalue weighted by Crippen LogP contribution is 2.42. The van der Waals surface area contributed by atoms with Gasteiger partial charge in [0.15, 0.2) is 11.9 Å². The molecule has 0 aromatic heterocycles. The molecule has 0 aromatic carbocycles. The van der Waals surface area contributed by atoms with Crippen LogP contribution in [0, 0.1) is 0 Å². The summed E-state index contributed by atoms with van der Waals surface area (Å²) >= 11 is 3.50. The zero-order chi connectivity index (χ0) is 33.7. The van der Waals surface area contributed by atoms with Crippen LogP contribution in [0.3, 0.4) is 0 Å². The summed E-state index contributed by atoms with van der Waals surface area (Å²) in [5.74, 6) is -0.880. The molecular formula is C42H71BrO4. The van der Waals surface area contributed by atoms with Gasteiger partial charge in [-0.05, 0) is 77.0 Å². The summed E-state index contributed by atoms with van der Waals surface area (Å²) < 4.78 is 18.5. The zero-order valence-electron chi connectivity index (χ0n) is 30.5. The third-order valence-electron chi connectivity index (χ3n) is 9.53. The van der Waals surface area contributed by atoms with Crippen LogP contribution in [-0.4, -0.2) is 35.4 Å². The highest BCUT2D eigenvalue weighted by molar-refractivity contribution is 9.09. The van der Waals surface area contributed by atoms with Gasteiger partial charge in [0.2, 0.25) is 0 Å². The minimum absolute atomic E-state index is 0.249. The van der Waals surface area contributed by atoms with Crippen LogP contribution in [0.2, 0.25) is 0 Å². The molecule has 4 nitrogen and oxygen atoms in total. The van der Waals surface area contributed by atoms with Gasteiger partial charge in [-0.25, -0.2) is 4.79 Å². The van der Waals surface area contributed by atoms with Gasteiger partial charge in [-0.1, -0.05) is 155 Å². The number of allylic oxidation sites excluding steroid dienone is 8. The Morgan fingerprint density at radius 1 is 0.553 bits per heavy atom. The van der Waals surface area contributed by atoms with Crippen molar-refractivity contribution < 1.29 is 19.0 Å². The number of hydrogen-bond acceptors (Lipinski definition) is 4. The molecule has 0 bridgehead atoms. The lowest BCUT2D eigenvalue weighted by molar-refractivity contribution is -0.209. The van der Waals surface area contributed by atoms with Crippen LogP contribution in [0.25, 0.3) is 0 Å². The molecule has 3 atom stereocenters. The van der Waals surface area contributed by atoms with Gasteiger partial charge in [0, 0.05) is 18.2 Å². The molecule has 2 fully saturated rings. The van der Waals surface area contributed by atoms with E-state index >= 15 is 0 Å². The van der Waals surface area contributed by atoms with E-state index in [-0.39, 0.29) is 18.2 Å². The Hall–Kier alpha value is -1.17. The van der Waals surface area contributed by atoms with E-state index in [2.05, 4.69) is 78.4 Å². The van der Waals surface area contributed by atoms with Crippen molar-refractivity contribution in [3.05, 3.63) is 48.6 Å². The van der Waals surface area contributed by atoms with Crippen LogP contribution in [0.5, 0.6) is 0 Å². The number of rotatable bonds is 31. The first-order valence-electron chi connectivity index (χ1n) is 19.9. The highest BCUT2D eigenvalue weighted by Gasteiger charge is 2.58. The third kappa shape index (κ3) is 19.6. The van der Waals surface area contributed by atoms with Gasteiger partial charge in [-0.2, -0.15) is 0 Å². The maximum absolute atomic E-state index is 12.5. The van der Waals surface area contributed by atoms with Crippen LogP contribution in [0.4, 0.5) is 0 Å². The molecule has 2 aliphatic rings. The predicted molar refractivity (Wildman–Crippen MR) is 204 cm³/mol. The van der Waals surface area contributed by atoms with Crippen molar-refractivity contribution in [3.63, 3.8) is 0 Å². The molecule has 5 heteroatoms. The van der Waals surface area contributed by atoms with Gasteiger partial charge < -0.3 is 14.2 Å². The topological polar surface area (TPSA) is 44.8 Å². The summed E-state index contributed by atoms with van der Waals surface area (Å²) in [6.45, 7) is 4.51. The van der Waals surface area contributed by atoms with Gasteiger partial charge in [0.05, 0.1) is 0 Å². The number of unbranched alkanes of at least 4 members (excludes halogenated alkanes) is 18. The Balaban J connectivity index is 1.57. The molecule has 0 aromatic rings. The molecule has 0 aliphatic carbocycles. The van der Waals surface area contributed by atoms with Crippen molar-refractivity contribution in [2.45, 2.75) is 205 Å². The summed E-state index contributed by atoms with van der Waals surface area (Å²) in [6, 6.07) is 0. The summed E-state index contributed by atoms with van der Waals surface area (Å²) in [4.78, 5) is 12.5. The Bertz CT molecular complexity index is 830. The molecule has 0 radical (unpaired) electrons. The van der Waals surface area contributed by atoms with E-state index in [9.17, 15) is 4.79 Å². The standard InChI is InChI=1S/C42H71BrO4/c1-3-5-7-9-11-13-15-17-19-21-23-25-27-29-31-33-35-42(46-39-38(37-43)45-41(44)40(39)47-42)36-34-32-30-28-26-24-22-20-18-16-14-12-10-8-6-4-2/h11-14,17-20,38-40H,3-10,15-16,21-37H2,1-2H3/t38-,39+,40-,42?/m1/s1. The fourth-order valence-corrected chi connectivity index (χ4v) is 7.12. The Kier molecular flexibility index (Phi) is 25.6. The first-order chi connectivity index (χ1) is 23.2. The van der Waals surface area contributed by atoms with E-state index in [4.69, 9.17) is 14.2 Å². The van der Waals surface area contributed by atoms with Crippen LogP contribution in [0.15, 0.2) is 48.6 Å². The molecule has 2 rings (SSSR count). The smallest absolute Gasteiger partial charge is 0.338 e. The molecule has 0 unspecified atom stereocenters. The average molecular weight is 720 g/mol. The van der Waals surface area contributed by atoms with Gasteiger partial charge in [0.25, 0.3) is 0 Å². The van der Waals surface area contributed by atoms with Crippen LogP contribution >= 0.6 is 15.9 Å². The van der Waals surface area contributed by atoms with Crippen LogP contribution in [-0.2, 0) is 19.0 Å². The SMILES string of the molecule is CCCCCC=CCC=CCCCCCCCCC1(CCCCCCCCC=CCC=CCCCCC)O[C@H]2[C@@H](CBr)OC(=O)[C@@H]2O1. The van der Waals surface area contributed by atoms with E-state index < -0.39 is 11.9 Å². The van der Waals surface area contributed by atoms with E-state index in [0.29, 0.717) is 5.33 Å². The lowest BCUT2D eigenvalue weighted by Crippen LogP contribution is -2.35. The third-order valence-corrected chi connectivity index (χ3v) is 10.2. The Labute approximate surface area is 298 Å². The second-order valence-electron chi connectivity index (χ2n) is 13.8. The van der Waals surface area contributed by atoms with E-state index in [1.54, 1.807) is 0 Å².